The zero-order chi connectivity index (χ0) is 22.2. The van der Waals surface area contributed by atoms with Crippen molar-refractivity contribution in [3.05, 3.63) is 70.6 Å². The monoisotopic (exact) mass is 421 g/mol. The molecule has 0 aliphatic carbocycles. The number of ether oxygens (including phenoxy) is 1. The summed E-state index contributed by atoms with van der Waals surface area (Å²) >= 11 is 0. The summed E-state index contributed by atoms with van der Waals surface area (Å²) in [6.45, 7) is 7.97. The minimum atomic E-state index is -0.0664. The molecule has 3 heterocycles. The number of nitrogens with zero attached hydrogens (tertiary/aromatic N) is 3. The number of likely N-dealkylation sites (tertiary alicyclic amines) is 1. The molecule has 0 unspecified atom stereocenters. The van der Waals surface area contributed by atoms with E-state index in [0.717, 1.165) is 39.0 Å². The average molecular weight is 421 g/mol. The van der Waals surface area contributed by atoms with Crippen LogP contribution in [0, 0.1) is 0 Å². The van der Waals surface area contributed by atoms with E-state index >= 15 is 0 Å². The summed E-state index contributed by atoms with van der Waals surface area (Å²) < 4.78 is 6.99. The first-order valence-electron chi connectivity index (χ1n) is 10.7. The number of hydrogen-bond donors (Lipinski definition) is 2. The van der Waals surface area contributed by atoms with Crippen LogP contribution in [0.15, 0.2) is 53.8 Å². The number of nitrogen functional groups attached to an aromatic ring is 1. The van der Waals surface area contributed by atoms with Crippen LogP contribution in [0.3, 0.4) is 0 Å². The fourth-order valence-electron chi connectivity index (χ4n) is 3.92. The van der Waals surface area contributed by atoms with Crippen molar-refractivity contribution in [3.8, 4) is 0 Å². The van der Waals surface area contributed by atoms with Gasteiger partial charge in [-0.25, -0.2) is 0 Å². The summed E-state index contributed by atoms with van der Waals surface area (Å²) in [6, 6.07) is 5.83. The van der Waals surface area contributed by atoms with Crippen LogP contribution in [0.4, 0.5) is 5.69 Å². The van der Waals surface area contributed by atoms with Crippen LogP contribution in [0.1, 0.15) is 24.1 Å². The normalized spacial score (nSPS) is 15.7. The highest BCUT2D eigenvalue weighted by Crippen LogP contribution is 2.16. The molecule has 2 aromatic heterocycles. The lowest BCUT2D eigenvalue weighted by Crippen LogP contribution is -2.43. The summed E-state index contributed by atoms with van der Waals surface area (Å²) in [5, 5.41) is 3.65. The Balaban J connectivity index is 1.55. The smallest absolute Gasteiger partial charge is 0.251 e. The number of aromatic nitrogens is 2. The van der Waals surface area contributed by atoms with Crippen molar-refractivity contribution >= 4 is 25.1 Å². The van der Waals surface area contributed by atoms with Gasteiger partial charge in [0.25, 0.3) is 5.56 Å². The quantitative estimate of drug-likeness (QED) is 0.349. The summed E-state index contributed by atoms with van der Waals surface area (Å²) in [5.74, 6) is 0.571. The highest BCUT2D eigenvalue weighted by molar-refractivity contribution is 6.32. The standard InChI is InChI=1S/C23H32BN5O2/c1-3-20(31-2)13-22-21(25)4-5-23(30)29(22)11-10-28-8-6-19(7-9-28)27-15-17-12-18(24)16-26-14-17/h3-5,12-14,16,19,27H,1,6-11,15,24-25H2,2H3/b20-13+. The maximum atomic E-state index is 12.5. The van der Waals surface area contributed by atoms with Crippen molar-refractivity contribution in [1.29, 1.82) is 0 Å². The number of methoxy groups -OCH3 is 1. The van der Waals surface area contributed by atoms with Crippen LogP contribution < -0.4 is 22.1 Å². The number of allylic oxidation sites excluding steroid dienone is 1. The van der Waals surface area contributed by atoms with Gasteiger partial charge < -0.3 is 25.3 Å². The van der Waals surface area contributed by atoms with Gasteiger partial charge in [0, 0.05) is 50.2 Å². The summed E-state index contributed by atoms with van der Waals surface area (Å²) in [5.41, 5.74) is 9.69. The molecule has 3 N–H and O–H groups in total. The molecule has 0 bridgehead atoms. The minimum Gasteiger partial charge on any atom is -0.497 e. The Labute approximate surface area is 185 Å². The average Bonchev–Trinajstić information content (AvgIpc) is 2.78. The molecule has 0 aromatic carbocycles. The fourth-order valence-corrected chi connectivity index (χ4v) is 3.92. The zero-order valence-corrected chi connectivity index (χ0v) is 18.5. The first kappa shape index (κ1) is 22.8. The maximum absolute atomic E-state index is 12.5. The van der Waals surface area contributed by atoms with Crippen LogP contribution in [-0.4, -0.2) is 55.1 Å². The molecule has 1 aliphatic heterocycles. The molecule has 7 nitrogen and oxygen atoms in total. The van der Waals surface area contributed by atoms with Gasteiger partial charge in [-0.15, -0.1) is 0 Å². The Morgan fingerprint density at radius 3 is 2.81 bits per heavy atom. The zero-order valence-electron chi connectivity index (χ0n) is 18.5. The van der Waals surface area contributed by atoms with E-state index in [1.54, 1.807) is 29.9 Å². The topological polar surface area (TPSA) is 85.4 Å². The van der Waals surface area contributed by atoms with Gasteiger partial charge in [0.15, 0.2) is 0 Å². The minimum absolute atomic E-state index is 0.0664. The van der Waals surface area contributed by atoms with Crippen molar-refractivity contribution < 1.29 is 4.74 Å². The van der Waals surface area contributed by atoms with Gasteiger partial charge in [-0.05, 0) is 43.6 Å². The Hall–Kier alpha value is -2.84. The maximum Gasteiger partial charge on any atom is 0.251 e. The molecular formula is C23H32BN5O2. The molecule has 0 amide bonds. The van der Waals surface area contributed by atoms with Crippen molar-refractivity contribution in [2.75, 3.05) is 32.5 Å². The molecule has 3 rings (SSSR count). The SMILES string of the molecule is Bc1cncc(CNC2CCN(CCn3c(/C=C(\C=C)OC)c(N)ccc3=O)CC2)c1. The van der Waals surface area contributed by atoms with Crippen molar-refractivity contribution in [1.82, 2.24) is 19.8 Å². The number of piperidine rings is 1. The van der Waals surface area contributed by atoms with E-state index in [1.807, 2.05) is 12.4 Å². The summed E-state index contributed by atoms with van der Waals surface area (Å²) in [7, 11) is 3.64. The molecule has 1 aliphatic rings. The Morgan fingerprint density at radius 1 is 1.35 bits per heavy atom. The third-order valence-electron chi connectivity index (χ3n) is 5.73. The molecule has 1 fully saturated rings. The number of rotatable bonds is 9. The van der Waals surface area contributed by atoms with E-state index in [9.17, 15) is 4.79 Å². The summed E-state index contributed by atoms with van der Waals surface area (Å²) in [4.78, 5) is 19.2. The van der Waals surface area contributed by atoms with E-state index in [0.29, 0.717) is 29.7 Å². The first-order valence-corrected chi connectivity index (χ1v) is 10.7. The predicted molar refractivity (Wildman–Crippen MR) is 129 cm³/mol. The Kier molecular flexibility index (Phi) is 8.09. The largest absolute Gasteiger partial charge is 0.497 e. The van der Waals surface area contributed by atoms with Crippen LogP contribution in [0.25, 0.3) is 6.08 Å². The van der Waals surface area contributed by atoms with Gasteiger partial charge in [-0.1, -0.05) is 18.1 Å². The van der Waals surface area contributed by atoms with Crippen LogP contribution in [0.2, 0.25) is 0 Å². The van der Waals surface area contributed by atoms with Gasteiger partial charge in [0.05, 0.1) is 18.5 Å². The molecule has 31 heavy (non-hydrogen) atoms. The molecule has 164 valence electrons. The lowest BCUT2D eigenvalue weighted by molar-refractivity contribution is 0.190. The number of nitrogens with one attached hydrogen (secondary N) is 1. The second-order valence-electron chi connectivity index (χ2n) is 7.99. The molecule has 0 atom stereocenters. The predicted octanol–water partition coefficient (Wildman–Crippen LogP) is 0.511. The molecular weight excluding hydrogens is 389 g/mol. The molecule has 8 heteroatoms. The Bertz CT molecular complexity index is 980. The third-order valence-corrected chi connectivity index (χ3v) is 5.73. The highest BCUT2D eigenvalue weighted by atomic mass is 16.5. The molecule has 2 aromatic rings. The van der Waals surface area contributed by atoms with Gasteiger partial charge in [0.1, 0.15) is 13.6 Å². The lowest BCUT2D eigenvalue weighted by atomic mass is 9.97. The molecule has 0 saturated carbocycles. The number of hydrogen-bond acceptors (Lipinski definition) is 6. The second-order valence-corrected chi connectivity index (χ2v) is 7.99. The Morgan fingerprint density at radius 2 is 2.13 bits per heavy atom. The summed E-state index contributed by atoms with van der Waals surface area (Å²) in [6.07, 6.45) is 9.34. The number of pyridine rings is 2. The van der Waals surface area contributed by atoms with Gasteiger partial charge in [-0.2, -0.15) is 0 Å². The first-order chi connectivity index (χ1) is 15.0. The molecule has 1 saturated heterocycles. The van der Waals surface area contributed by atoms with Gasteiger partial charge in [-0.3, -0.25) is 9.78 Å². The number of nitrogens with two attached hydrogens (primary N) is 1. The van der Waals surface area contributed by atoms with Crippen molar-refractivity contribution in [3.63, 3.8) is 0 Å². The second kappa shape index (κ2) is 11.0. The molecule has 0 spiro atoms. The van der Waals surface area contributed by atoms with E-state index in [1.165, 1.54) is 17.1 Å². The lowest BCUT2D eigenvalue weighted by Gasteiger charge is -2.32. The fraction of sp³-hybridized carbons (Fsp3) is 0.391. The van der Waals surface area contributed by atoms with Crippen LogP contribution in [0.5, 0.6) is 0 Å². The van der Waals surface area contributed by atoms with E-state index in [-0.39, 0.29) is 5.56 Å². The third kappa shape index (κ3) is 6.32. The van der Waals surface area contributed by atoms with Gasteiger partial charge in [0.2, 0.25) is 0 Å². The number of anilines is 1. The highest BCUT2D eigenvalue weighted by Gasteiger charge is 2.19. The molecule has 0 radical (unpaired) electrons. The van der Waals surface area contributed by atoms with Crippen molar-refractivity contribution in [2.45, 2.75) is 32.0 Å². The van der Waals surface area contributed by atoms with E-state index in [2.05, 4.69) is 35.7 Å². The van der Waals surface area contributed by atoms with E-state index < -0.39 is 0 Å². The van der Waals surface area contributed by atoms with E-state index in [4.69, 9.17) is 10.5 Å². The van der Waals surface area contributed by atoms with Crippen LogP contribution >= 0.6 is 0 Å². The van der Waals surface area contributed by atoms with Crippen molar-refractivity contribution in [2.24, 2.45) is 0 Å². The van der Waals surface area contributed by atoms with Gasteiger partial charge >= 0.3 is 0 Å². The van der Waals surface area contributed by atoms with Crippen LogP contribution in [-0.2, 0) is 17.8 Å².